The lowest BCUT2D eigenvalue weighted by Crippen LogP contribution is -2.48. The number of aryl methyl sites for hydroxylation is 1. The van der Waals surface area contributed by atoms with Crippen LogP contribution in [0.5, 0.6) is 0 Å². The van der Waals surface area contributed by atoms with Gasteiger partial charge in [-0.3, -0.25) is 0 Å². The van der Waals surface area contributed by atoms with Crippen molar-refractivity contribution in [3.63, 3.8) is 0 Å². The molecule has 166 valence electrons. The van der Waals surface area contributed by atoms with E-state index < -0.39 is 10.0 Å². The molecule has 6 nitrogen and oxygen atoms in total. The number of hydrogen-bond donors (Lipinski definition) is 0. The number of aromatic nitrogens is 1. The van der Waals surface area contributed by atoms with Crippen LogP contribution < -0.4 is 4.90 Å². The van der Waals surface area contributed by atoms with Crippen LogP contribution in [0.15, 0.2) is 58.8 Å². The molecule has 1 aliphatic heterocycles. The normalized spacial score (nSPS) is 14.9. The second-order valence-corrected chi connectivity index (χ2v) is 10.6. The molecule has 0 spiro atoms. The molecule has 1 aliphatic rings. The summed E-state index contributed by atoms with van der Waals surface area (Å²) in [5.74, 6) is 0. The molecule has 0 unspecified atom stereocenters. The fraction of sp³-hybridized carbons (Fsp3) is 0.333. The monoisotopic (exact) mass is 466 g/mol. The molecule has 0 amide bonds. The molecule has 3 aromatic rings. The molecule has 0 bridgehead atoms. The van der Waals surface area contributed by atoms with Crippen molar-refractivity contribution in [3.8, 4) is 6.07 Å². The van der Waals surface area contributed by atoms with Gasteiger partial charge in [-0.25, -0.2) is 13.4 Å². The zero-order chi connectivity index (χ0) is 22.6. The number of benzene rings is 2. The third-order valence-electron chi connectivity index (χ3n) is 5.62. The van der Waals surface area contributed by atoms with E-state index in [-0.39, 0.29) is 10.5 Å². The second-order valence-electron chi connectivity index (χ2n) is 7.86. The van der Waals surface area contributed by atoms with Gasteiger partial charge in [0.05, 0.1) is 16.2 Å². The predicted octanol–water partition coefficient (Wildman–Crippen LogP) is 4.07. The molecule has 32 heavy (non-hydrogen) atoms. The van der Waals surface area contributed by atoms with Crippen molar-refractivity contribution in [1.82, 2.24) is 9.29 Å². The molecule has 4 rings (SSSR count). The van der Waals surface area contributed by atoms with Crippen molar-refractivity contribution in [2.75, 3.05) is 31.1 Å². The largest absolute Gasteiger partial charge is 0.345 e. The Labute approximate surface area is 193 Å². The minimum Gasteiger partial charge on any atom is -0.345 e. The van der Waals surface area contributed by atoms with Gasteiger partial charge in [0.25, 0.3) is 0 Å². The third-order valence-corrected chi connectivity index (χ3v) is 8.53. The van der Waals surface area contributed by atoms with Crippen molar-refractivity contribution in [2.24, 2.45) is 0 Å². The summed E-state index contributed by atoms with van der Waals surface area (Å²) in [5, 5.41) is 12.3. The maximum absolute atomic E-state index is 13.0. The third kappa shape index (κ3) is 4.85. The summed E-state index contributed by atoms with van der Waals surface area (Å²) in [6.07, 6.45) is 3.04. The highest BCUT2D eigenvalue weighted by molar-refractivity contribution is 7.89. The molecule has 0 saturated carbocycles. The lowest BCUT2D eigenvalue weighted by atomic mass is 10.1. The van der Waals surface area contributed by atoms with Crippen LogP contribution in [0.2, 0.25) is 0 Å². The molecule has 1 fully saturated rings. The summed E-state index contributed by atoms with van der Waals surface area (Å²) >= 11 is 1.60. The first-order valence-corrected chi connectivity index (χ1v) is 13.1. The van der Waals surface area contributed by atoms with Gasteiger partial charge in [0.2, 0.25) is 10.0 Å². The number of thiazole rings is 1. The SMILES string of the molecule is CCCc1ccc(Cc2csc(N3CCN(S(=O)(=O)c4ccccc4C#N)CC3)n2)cc1. The molecule has 0 radical (unpaired) electrons. The average Bonchev–Trinajstić information content (AvgIpc) is 3.29. The van der Waals surface area contributed by atoms with E-state index in [1.54, 1.807) is 23.5 Å². The van der Waals surface area contributed by atoms with Crippen molar-refractivity contribution >= 4 is 26.5 Å². The van der Waals surface area contributed by atoms with Gasteiger partial charge in [0.15, 0.2) is 5.13 Å². The smallest absolute Gasteiger partial charge is 0.244 e. The Morgan fingerprint density at radius 1 is 1.03 bits per heavy atom. The molecular formula is C24H26N4O2S2. The zero-order valence-corrected chi connectivity index (χ0v) is 19.7. The molecule has 0 atom stereocenters. The standard InChI is InChI=1S/C24H26N4O2S2/c1-2-5-19-8-10-20(11-9-19)16-22-18-31-24(26-22)27-12-14-28(15-13-27)32(29,30)23-7-4-3-6-21(23)17-25/h3-4,6-11,18H,2,5,12-16H2,1H3. The fourth-order valence-electron chi connectivity index (χ4n) is 3.89. The summed E-state index contributed by atoms with van der Waals surface area (Å²) in [5.41, 5.74) is 3.82. The van der Waals surface area contributed by atoms with E-state index in [1.165, 1.54) is 27.6 Å². The molecule has 0 N–H and O–H groups in total. The topological polar surface area (TPSA) is 77.3 Å². The van der Waals surface area contributed by atoms with E-state index in [2.05, 4.69) is 41.5 Å². The number of sulfonamides is 1. The maximum atomic E-state index is 13.0. The van der Waals surface area contributed by atoms with Gasteiger partial charge in [-0.2, -0.15) is 9.57 Å². The molecule has 1 saturated heterocycles. The Balaban J connectivity index is 1.39. The van der Waals surface area contributed by atoms with Crippen LogP contribution in [0.4, 0.5) is 5.13 Å². The number of rotatable bonds is 7. The van der Waals surface area contributed by atoms with Crippen LogP contribution in [0.3, 0.4) is 0 Å². The van der Waals surface area contributed by atoms with Crippen molar-refractivity contribution in [1.29, 1.82) is 5.26 Å². The summed E-state index contributed by atoms with van der Waals surface area (Å²) < 4.78 is 27.5. The first-order chi connectivity index (χ1) is 15.5. The lowest BCUT2D eigenvalue weighted by molar-refractivity contribution is 0.384. The second kappa shape index (κ2) is 9.82. The lowest BCUT2D eigenvalue weighted by Gasteiger charge is -2.33. The number of hydrogen-bond acceptors (Lipinski definition) is 6. The number of nitrogens with zero attached hydrogens (tertiary/aromatic N) is 4. The van der Waals surface area contributed by atoms with Gasteiger partial charge < -0.3 is 4.90 Å². The molecule has 1 aromatic heterocycles. The van der Waals surface area contributed by atoms with Crippen LogP contribution in [-0.2, 0) is 22.9 Å². The molecular weight excluding hydrogens is 440 g/mol. The fourth-order valence-corrected chi connectivity index (χ4v) is 6.33. The van der Waals surface area contributed by atoms with Crippen LogP contribution in [0.1, 0.15) is 35.7 Å². The van der Waals surface area contributed by atoms with Crippen LogP contribution in [0, 0.1) is 11.3 Å². The molecule has 2 aromatic carbocycles. The van der Waals surface area contributed by atoms with Crippen LogP contribution >= 0.6 is 11.3 Å². The minimum absolute atomic E-state index is 0.0810. The van der Waals surface area contributed by atoms with Gasteiger partial charge in [-0.05, 0) is 29.7 Å². The number of nitriles is 1. The van der Waals surface area contributed by atoms with E-state index in [0.29, 0.717) is 26.2 Å². The van der Waals surface area contributed by atoms with Crippen molar-refractivity contribution in [3.05, 3.63) is 76.3 Å². The summed E-state index contributed by atoms with van der Waals surface area (Å²) in [4.78, 5) is 7.01. The maximum Gasteiger partial charge on any atom is 0.244 e. The quantitative estimate of drug-likeness (QED) is 0.525. The number of piperazine rings is 1. The summed E-state index contributed by atoms with van der Waals surface area (Å²) in [7, 11) is -3.69. The molecule has 2 heterocycles. The Morgan fingerprint density at radius 2 is 1.72 bits per heavy atom. The van der Waals surface area contributed by atoms with E-state index in [0.717, 1.165) is 30.1 Å². The first-order valence-electron chi connectivity index (χ1n) is 10.8. The molecule has 8 heteroatoms. The highest BCUT2D eigenvalue weighted by Gasteiger charge is 2.31. The average molecular weight is 467 g/mol. The number of anilines is 1. The highest BCUT2D eigenvalue weighted by Crippen LogP contribution is 2.26. The van der Waals surface area contributed by atoms with Gasteiger partial charge in [-0.1, -0.05) is 49.7 Å². The Morgan fingerprint density at radius 3 is 2.41 bits per heavy atom. The minimum atomic E-state index is -3.69. The van der Waals surface area contributed by atoms with E-state index >= 15 is 0 Å². The van der Waals surface area contributed by atoms with Gasteiger partial charge in [0, 0.05) is 38.0 Å². The van der Waals surface area contributed by atoms with Crippen molar-refractivity contribution < 1.29 is 8.42 Å². The van der Waals surface area contributed by atoms with Gasteiger partial charge in [-0.15, -0.1) is 11.3 Å². The Kier molecular flexibility index (Phi) is 6.89. The van der Waals surface area contributed by atoms with Crippen LogP contribution in [0.25, 0.3) is 0 Å². The first kappa shape index (κ1) is 22.5. The predicted molar refractivity (Wildman–Crippen MR) is 127 cm³/mol. The van der Waals surface area contributed by atoms with E-state index in [4.69, 9.17) is 4.98 Å². The van der Waals surface area contributed by atoms with E-state index in [1.807, 2.05) is 6.07 Å². The van der Waals surface area contributed by atoms with Crippen molar-refractivity contribution in [2.45, 2.75) is 31.1 Å². The molecule has 0 aliphatic carbocycles. The Bertz CT molecular complexity index is 1210. The van der Waals surface area contributed by atoms with E-state index in [9.17, 15) is 13.7 Å². The zero-order valence-electron chi connectivity index (χ0n) is 18.1. The Hall–Kier alpha value is -2.73. The van der Waals surface area contributed by atoms with Gasteiger partial charge in [0.1, 0.15) is 6.07 Å². The van der Waals surface area contributed by atoms with Gasteiger partial charge >= 0.3 is 0 Å². The van der Waals surface area contributed by atoms with Crippen LogP contribution in [-0.4, -0.2) is 43.9 Å². The summed E-state index contributed by atoms with van der Waals surface area (Å²) in [6.45, 7) is 4.08. The highest BCUT2D eigenvalue weighted by atomic mass is 32.2. The summed E-state index contributed by atoms with van der Waals surface area (Å²) in [6, 6.07) is 17.1.